The number of hydrogen-bond acceptors (Lipinski definition) is 3. The first-order valence-electron chi connectivity index (χ1n) is 6.72. The number of carbonyl (C=O) groups is 2. The molecule has 116 valence electrons. The number of rotatable bonds is 6. The Labute approximate surface area is 130 Å². The Morgan fingerprint density at radius 2 is 1.67 bits per heavy atom. The van der Waals surface area contributed by atoms with Gasteiger partial charge >= 0.3 is 0 Å². The second kappa shape index (κ2) is 7.88. The van der Waals surface area contributed by atoms with Gasteiger partial charge in [-0.15, -0.1) is 0 Å². The molecule has 0 atom stereocenters. The summed E-state index contributed by atoms with van der Waals surface area (Å²) in [5.41, 5.74) is -0.429. The van der Waals surface area contributed by atoms with Crippen molar-refractivity contribution >= 4 is 23.4 Å². The summed E-state index contributed by atoms with van der Waals surface area (Å²) in [4.78, 5) is 23.1. The van der Waals surface area contributed by atoms with Gasteiger partial charge in [-0.2, -0.15) is 0 Å². The predicted octanol–water partition coefficient (Wildman–Crippen LogP) is 2.00. The molecule has 0 radical (unpaired) electrons. The van der Waals surface area contributed by atoms with E-state index in [1.807, 2.05) is 20.8 Å². The molecule has 1 aromatic rings. The van der Waals surface area contributed by atoms with Gasteiger partial charge in [-0.3, -0.25) is 9.59 Å². The third-order valence-corrected chi connectivity index (χ3v) is 2.85. The van der Waals surface area contributed by atoms with Gasteiger partial charge in [-0.05, 0) is 24.3 Å². The minimum atomic E-state index is -0.429. The second-order valence-corrected chi connectivity index (χ2v) is 6.03. The van der Waals surface area contributed by atoms with E-state index in [9.17, 15) is 9.59 Å². The number of amides is 2. The summed E-state index contributed by atoms with van der Waals surface area (Å²) in [6, 6.07) is 6.77. The van der Waals surface area contributed by atoms with E-state index < -0.39 is 5.41 Å². The van der Waals surface area contributed by atoms with Gasteiger partial charge in [-0.25, -0.2) is 0 Å². The van der Waals surface area contributed by atoms with E-state index in [4.69, 9.17) is 16.3 Å². The molecule has 0 saturated carbocycles. The van der Waals surface area contributed by atoms with Gasteiger partial charge in [0.1, 0.15) is 5.75 Å². The third kappa shape index (κ3) is 6.99. The van der Waals surface area contributed by atoms with Crippen molar-refractivity contribution in [1.29, 1.82) is 0 Å². The molecule has 5 nitrogen and oxygen atoms in total. The van der Waals surface area contributed by atoms with E-state index in [0.29, 0.717) is 23.9 Å². The van der Waals surface area contributed by atoms with Crippen molar-refractivity contribution < 1.29 is 14.3 Å². The molecule has 2 N–H and O–H groups in total. The van der Waals surface area contributed by atoms with Crippen LogP contribution in [-0.4, -0.2) is 31.5 Å². The van der Waals surface area contributed by atoms with E-state index in [1.165, 1.54) is 0 Å². The van der Waals surface area contributed by atoms with E-state index >= 15 is 0 Å². The molecule has 2 amide bonds. The highest BCUT2D eigenvalue weighted by Crippen LogP contribution is 2.15. The van der Waals surface area contributed by atoms with Crippen molar-refractivity contribution in [2.45, 2.75) is 20.8 Å². The van der Waals surface area contributed by atoms with Crippen LogP contribution in [0.1, 0.15) is 20.8 Å². The standard InChI is InChI=1S/C15H21ClN2O3/c1-15(2,3)14(20)18-9-8-17-13(19)10-21-12-6-4-11(16)5-7-12/h4-7H,8-10H2,1-3H3,(H,17,19)(H,18,20). The number of benzene rings is 1. The molecule has 0 bridgehead atoms. The van der Waals surface area contributed by atoms with E-state index in [2.05, 4.69) is 10.6 Å². The minimum absolute atomic E-state index is 0.0471. The Kier molecular flexibility index (Phi) is 6.49. The topological polar surface area (TPSA) is 67.4 Å². The highest BCUT2D eigenvalue weighted by Gasteiger charge is 2.20. The summed E-state index contributed by atoms with van der Waals surface area (Å²) in [7, 11) is 0. The zero-order chi connectivity index (χ0) is 15.9. The lowest BCUT2D eigenvalue weighted by atomic mass is 9.96. The van der Waals surface area contributed by atoms with Crippen LogP contribution in [-0.2, 0) is 9.59 Å². The van der Waals surface area contributed by atoms with E-state index in [0.717, 1.165) is 0 Å². The summed E-state index contributed by atoms with van der Waals surface area (Å²) in [6.07, 6.45) is 0. The zero-order valence-corrected chi connectivity index (χ0v) is 13.3. The Bertz CT molecular complexity index is 481. The van der Waals surface area contributed by atoms with Crippen LogP contribution in [0.15, 0.2) is 24.3 Å². The lowest BCUT2D eigenvalue weighted by Gasteiger charge is -2.17. The summed E-state index contributed by atoms with van der Waals surface area (Å²) >= 11 is 5.75. The average molecular weight is 313 g/mol. The maximum absolute atomic E-state index is 11.6. The predicted molar refractivity (Wildman–Crippen MR) is 82.4 cm³/mol. The molecule has 0 saturated heterocycles. The van der Waals surface area contributed by atoms with Crippen LogP contribution in [0.4, 0.5) is 0 Å². The normalized spacial score (nSPS) is 10.9. The Hall–Kier alpha value is -1.75. The quantitative estimate of drug-likeness (QED) is 0.790. The Morgan fingerprint density at radius 3 is 2.24 bits per heavy atom. The molecule has 1 rings (SSSR count). The SMILES string of the molecule is CC(C)(C)C(=O)NCCNC(=O)COc1ccc(Cl)cc1. The fourth-order valence-electron chi connectivity index (χ4n) is 1.37. The smallest absolute Gasteiger partial charge is 0.258 e. The lowest BCUT2D eigenvalue weighted by Crippen LogP contribution is -2.40. The second-order valence-electron chi connectivity index (χ2n) is 5.60. The fourth-order valence-corrected chi connectivity index (χ4v) is 1.50. The van der Waals surface area contributed by atoms with Gasteiger partial charge in [0, 0.05) is 23.5 Å². The number of nitrogens with one attached hydrogen (secondary N) is 2. The molecule has 6 heteroatoms. The first-order chi connectivity index (χ1) is 9.79. The number of ether oxygens (including phenoxy) is 1. The van der Waals surface area contributed by atoms with Gasteiger partial charge < -0.3 is 15.4 Å². The average Bonchev–Trinajstić information content (AvgIpc) is 2.41. The van der Waals surface area contributed by atoms with Crippen molar-refractivity contribution in [1.82, 2.24) is 10.6 Å². The molecule has 0 aromatic heterocycles. The Balaban J connectivity index is 2.17. The Morgan fingerprint density at radius 1 is 1.10 bits per heavy atom. The molecule has 0 aliphatic carbocycles. The molecular weight excluding hydrogens is 292 g/mol. The van der Waals surface area contributed by atoms with Crippen molar-refractivity contribution in [3.05, 3.63) is 29.3 Å². The third-order valence-electron chi connectivity index (χ3n) is 2.60. The first kappa shape index (κ1) is 17.3. The van der Waals surface area contributed by atoms with Gasteiger partial charge in [0.05, 0.1) is 0 Å². The lowest BCUT2D eigenvalue weighted by molar-refractivity contribution is -0.128. The summed E-state index contributed by atoms with van der Waals surface area (Å²) < 4.78 is 5.30. The summed E-state index contributed by atoms with van der Waals surface area (Å²) in [5.74, 6) is 0.291. The molecule has 21 heavy (non-hydrogen) atoms. The maximum Gasteiger partial charge on any atom is 0.258 e. The van der Waals surface area contributed by atoms with Crippen molar-refractivity contribution in [2.75, 3.05) is 19.7 Å². The fraction of sp³-hybridized carbons (Fsp3) is 0.467. The van der Waals surface area contributed by atoms with Crippen LogP contribution in [0, 0.1) is 5.41 Å². The first-order valence-corrected chi connectivity index (χ1v) is 7.10. The van der Waals surface area contributed by atoms with Crippen LogP contribution in [0.25, 0.3) is 0 Å². The molecule has 0 heterocycles. The summed E-state index contributed by atoms with van der Waals surface area (Å²) in [5, 5.41) is 6.03. The van der Waals surface area contributed by atoms with Crippen LogP contribution < -0.4 is 15.4 Å². The number of carbonyl (C=O) groups excluding carboxylic acids is 2. The molecule has 0 unspecified atom stereocenters. The highest BCUT2D eigenvalue weighted by atomic mass is 35.5. The largest absolute Gasteiger partial charge is 0.484 e. The van der Waals surface area contributed by atoms with Gasteiger partial charge in [-0.1, -0.05) is 32.4 Å². The molecule has 0 aliphatic rings. The van der Waals surface area contributed by atoms with E-state index in [1.54, 1.807) is 24.3 Å². The molecule has 0 fully saturated rings. The van der Waals surface area contributed by atoms with Gasteiger partial charge in [0.2, 0.25) is 5.91 Å². The number of halogens is 1. The van der Waals surface area contributed by atoms with Crippen molar-refractivity contribution in [3.8, 4) is 5.75 Å². The molecule has 0 aliphatic heterocycles. The summed E-state index contributed by atoms with van der Waals surface area (Å²) in [6.45, 7) is 6.19. The monoisotopic (exact) mass is 312 g/mol. The molecule has 0 spiro atoms. The van der Waals surface area contributed by atoms with Crippen molar-refractivity contribution in [2.24, 2.45) is 5.41 Å². The number of hydrogen-bond donors (Lipinski definition) is 2. The molecular formula is C15H21ClN2O3. The van der Waals surface area contributed by atoms with Gasteiger partial charge in [0.15, 0.2) is 6.61 Å². The van der Waals surface area contributed by atoms with Gasteiger partial charge in [0.25, 0.3) is 5.91 Å². The zero-order valence-electron chi connectivity index (χ0n) is 12.5. The minimum Gasteiger partial charge on any atom is -0.484 e. The van der Waals surface area contributed by atoms with Crippen LogP contribution >= 0.6 is 11.6 Å². The van der Waals surface area contributed by atoms with Crippen LogP contribution in [0.2, 0.25) is 5.02 Å². The van der Waals surface area contributed by atoms with Crippen molar-refractivity contribution in [3.63, 3.8) is 0 Å². The highest BCUT2D eigenvalue weighted by molar-refractivity contribution is 6.30. The maximum atomic E-state index is 11.6. The molecule has 1 aromatic carbocycles. The van der Waals surface area contributed by atoms with Crippen LogP contribution in [0.5, 0.6) is 5.75 Å². The van der Waals surface area contributed by atoms with Crippen LogP contribution in [0.3, 0.4) is 0 Å². The van der Waals surface area contributed by atoms with E-state index in [-0.39, 0.29) is 18.4 Å².